The molecule has 0 aromatic heterocycles. The van der Waals surface area contributed by atoms with Crippen LogP contribution in [0.1, 0.15) is 127 Å². The number of rotatable bonds is 15. The van der Waals surface area contributed by atoms with Gasteiger partial charge in [-0.05, 0) is 98.9 Å². The lowest BCUT2D eigenvalue weighted by Gasteiger charge is -2.38. The van der Waals surface area contributed by atoms with Crippen molar-refractivity contribution in [1.29, 1.82) is 0 Å². The average molecular weight is 579 g/mol. The Morgan fingerprint density at radius 1 is 0.857 bits per heavy atom. The summed E-state index contributed by atoms with van der Waals surface area (Å²) in [6, 6.07) is 0. The summed E-state index contributed by atoms with van der Waals surface area (Å²) in [4.78, 5) is 0. The maximum Gasteiger partial charge on any atom is 0.0729 e. The lowest BCUT2D eigenvalue weighted by Crippen LogP contribution is -2.32. The number of aliphatic hydroxyl groups excluding tert-OH is 2. The molecule has 0 fully saturated rings. The zero-order chi connectivity index (χ0) is 31.5. The fourth-order valence-electron chi connectivity index (χ4n) is 7.28. The van der Waals surface area contributed by atoms with E-state index in [1.165, 1.54) is 48.8 Å². The van der Waals surface area contributed by atoms with Crippen molar-refractivity contribution in [2.75, 3.05) is 0 Å². The smallest absolute Gasteiger partial charge is 0.0729 e. The highest BCUT2D eigenvalue weighted by Gasteiger charge is 2.34. The first-order valence-corrected chi connectivity index (χ1v) is 17.0. The molecule has 0 amide bonds. The molecule has 0 aromatic carbocycles. The van der Waals surface area contributed by atoms with Crippen molar-refractivity contribution in [3.8, 4) is 0 Å². The third-order valence-corrected chi connectivity index (χ3v) is 9.79. The van der Waals surface area contributed by atoms with E-state index < -0.39 is 0 Å². The molecule has 0 spiro atoms. The van der Waals surface area contributed by atoms with Gasteiger partial charge in [0.05, 0.1) is 12.2 Å². The molecule has 7 atom stereocenters. The number of aliphatic hydroxyl groups is 2. The van der Waals surface area contributed by atoms with Crippen LogP contribution >= 0.6 is 0 Å². The van der Waals surface area contributed by atoms with Crippen LogP contribution in [-0.4, -0.2) is 22.4 Å². The second kappa shape index (κ2) is 17.0. The SMILES string of the molecule is CC1=C[C@H](O)CC(C)(C)[C@H]1/C=C/C(C)/C=C/CC(C)/C=C/CCC(C)CCCC(C)/C=C/C1=C(C)C[C@H](O)CC1(C)C. The zero-order valence-corrected chi connectivity index (χ0v) is 29.0. The van der Waals surface area contributed by atoms with E-state index in [9.17, 15) is 10.2 Å². The van der Waals surface area contributed by atoms with Crippen LogP contribution < -0.4 is 0 Å². The highest BCUT2D eigenvalue weighted by molar-refractivity contribution is 5.33. The molecule has 0 saturated carbocycles. The minimum atomic E-state index is -0.305. The summed E-state index contributed by atoms with van der Waals surface area (Å²) >= 11 is 0. The van der Waals surface area contributed by atoms with Crippen LogP contribution in [0.4, 0.5) is 0 Å². The van der Waals surface area contributed by atoms with E-state index >= 15 is 0 Å². The number of allylic oxidation sites excluding steroid dienone is 10. The molecule has 2 aliphatic carbocycles. The monoisotopic (exact) mass is 579 g/mol. The van der Waals surface area contributed by atoms with Gasteiger partial charge in [0.1, 0.15) is 0 Å². The molecule has 0 heterocycles. The maximum absolute atomic E-state index is 10.1. The molecular formula is C40H66O2. The first kappa shape index (κ1) is 36.6. The van der Waals surface area contributed by atoms with Crippen LogP contribution in [0, 0.1) is 40.4 Å². The predicted octanol–water partition coefficient (Wildman–Crippen LogP) is 10.9. The van der Waals surface area contributed by atoms with E-state index in [2.05, 4.69) is 118 Å². The van der Waals surface area contributed by atoms with Crippen molar-refractivity contribution in [2.24, 2.45) is 40.4 Å². The van der Waals surface area contributed by atoms with Crippen molar-refractivity contribution in [3.05, 3.63) is 71.4 Å². The lowest BCUT2D eigenvalue weighted by molar-refractivity contribution is 0.116. The van der Waals surface area contributed by atoms with Gasteiger partial charge in [0.2, 0.25) is 0 Å². The molecule has 0 aromatic rings. The number of hydrogen-bond acceptors (Lipinski definition) is 2. The maximum atomic E-state index is 10.1. The Morgan fingerprint density at radius 3 is 2.24 bits per heavy atom. The lowest BCUT2D eigenvalue weighted by atomic mass is 9.67. The molecule has 4 unspecified atom stereocenters. The van der Waals surface area contributed by atoms with Gasteiger partial charge < -0.3 is 10.2 Å². The minimum absolute atomic E-state index is 0.0687. The number of hydrogen-bond donors (Lipinski definition) is 2. The highest BCUT2D eigenvalue weighted by atomic mass is 16.3. The average Bonchev–Trinajstić information content (AvgIpc) is 2.84. The van der Waals surface area contributed by atoms with Gasteiger partial charge in [-0.3, -0.25) is 0 Å². The molecule has 42 heavy (non-hydrogen) atoms. The fraction of sp³-hybridized carbons (Fsp3) is 0.700. The molecule has 2 aliphatic rings. The van der Waals surface area contributed by atoms with E-state index in [4.69, 9.17) is 0 Å². The van der Waals surface area contributed by atoms with Crippen LogP contribution in [0.2, 0.25) is 0 Å². The van der Waals surface area contributed by atoms with E-state index in [0.717, 1.165) is 31.6 Å². The van der Waals surface area contributed by atoms with Crippen molar-refractivity contribution in [1.82, 2.24) is 0 Å². The Kier molecular flexibility index (Phi) is 14.8. The Morgan fingerprint density at radius 2 is 1.57 bits per heavy atom. The van der Waals surface area contributed by atoms with Crippen molar-refractivity contribution < 1.29 is 10.2 Å². The van der Waals surface area contributed by atoms with Gasteiger partial charge in [-0.2, -0.15) is 0 Å². The molecule has 2 rings (SSSR count). The first-order valence-electron chi connectivity index (χ1n) is 17.0. The summed E-state index contributed by atoms with van der Waals surface area (Å²) in [6.45, 7) is 22.7. The van der Waals surface area contributed by atoms with E-state index in [-0.39, 0.29) is 23.0 Å². The van der Waals surface area contributed by atoms with Crippen LogP contribution in [0.25, 0.3) is 0 Å². The van der Waals surface area contributed by atoms with E-state index in [1.807, 2.05) is 6.08 Å². The third kappa shape index (κ3) is 12.5. The molecule has 0 aliphatic heterocycles. The third-order valence-electron chi connectivity index (χ3n) is 9.79. The summed E-state index contributed by atoms with van der Waals surface area (Å²) in [5.74, 6) is 2.76. The molecule has 0 saturated heterocycles. The Labute approximate surface area is 260 Å². The second-order valence-electron chi connectivity index (χ2n) is 15.6. The zero-order valence-electron chi connectivity index (χ0n) is 29.0. The van der Waals surface area contributed by atoms with Gasteiger partial charge in [0.25, 0.3) is 0 Å². The van der Waals surface area contributed by atoms with Crippen molar-refractivity contribution >= 4 is 0 Å². The minimum Gasteiger partial charge on any atom is -0.393 e. The predicted molar refractivity (Wildman–Crippen MR) is 184 cm³/mol. The van der Waals surface area contributed by atoms with Crippen LogP contribution in [0.5, 0.6) is 0 Å². The topological polar surface area (TPSA) is 40.5 Å². The molecule has 2 N–H and O–H groups in total. The summed E-state index contributed by atoms with van der Waals surface area (Å²) in [6.07, 6.45) is 30.4. The van der Waals surface area contributed by atoms with Crippen molar-refractivity contribution in [3.63, 3.8) is 0 Å². The normalized spacial score (nSPS) is 27.7. The largest absolute Gasteiger partial charge is 0.393 e. The van der Waals surface area contributed by atoms with E-state index in [1.54, 1.807) is 0 Å². The van der Waals surface area contributed by atoms with Crippen LogP contribution in [0.3, 0.4) is 0 Å². The Balaban J connectivity index is 1.64. The molecule has 2 heteroatoms. The summed E-state index contributed by atoms with van der Waals surface area (Å²) in [5.41, 5.74) is 4.24. The van der Waals surface area contributed by atoms with Gasteiger partial charge in [0.15, 0.2) is 0 Å². The standard InChI is InChI=1S/C40H66O2/c1-29(17-13-19-31(3)21-23-37-33(5)25-35(41)27-39(37,7)8)15-11-12-16-30(2)18-14-20-32(4)22-24-38-34(6)26-36(42)28-40(38,9)10/h11,13,15,19,21-25,29-32,35-37,41-42H,12,14,16-18,20,26-28H2,1-10H3/b15-11+,19-13+,23-21+,24-22+/t29?,30?,31?,32?,35-,36-,37-/m0/s1. The summed E-state index contributed by atoms with van der Waals surface area (Å²) in [5, 5.41) is 20.2. The van der Waals surface area contributed by atoms with E-state index in [0.29, 0.717) is 23.7 Å². The van der Waals surface area contributed by atoms with Gasteiger partial charge in [-0.15, -0.1) is 0 Å². The van der Waals surface area contributed by atoms with Crippen molar-refractivity contribution in [2.45, 2.75) is 139 Å². The second-order valence-corrected chi connectivity index (χ2v) is 15.6. The van der Waals surface area contributed by atoms with Gasteiger partial charge in [0, 0.05) is 5.92 Å². The Hall–Kier alpha value is -1.64. The highest BCUT2D eigenvalue weighted by Crippen LogP contribution is 2.42. The molecule has 0 bridgehead atoms. The molecular weight excluding hydrogens is 512 g/mol. The van der Waals surface area contributed by atoms with Gasteiger partial charge in [-0.25, -0.2) is 0 Å². The Bertz CT molecular complexity index is 1000. The van der Waals surface area contributed by atoms with Gasteiger partial charge in [-0.1, -0.05) is 134 Å². The molecule has 2 nitrogen and oxygen atoms in total. The van der Waals surface area contributed by atoms with Crippen LogP contribution in [0.15, 0.2) is 71.4 Å². The molecule has 0 radical (unpaired) electrons. The first-order chi connectivity index (χ1) is 19.6. The molecule has 238 valence electrons. The summed E-state index contributed by atoms with van der Waals surface area (Å²) < 4.78 is 0. The summed E-state index contributed by atoms with van der Waals surface area (Å²) in [7, 11) is 0. The fourth-order valence-corrected chi connectivity index (χ4v) is 7.28. The van der Waals surface area contributed by atoms with Gasteiger partial charge >= 0.3 is 0 Å². The quantitative estimate of drug-likeness (QED) is 0.190. The van der Waals surface area contributed by atoms with Crippen LogP contribution in [-0.2, 0) is 0 Å².